The second kappa shape index (κ2) is 8.70. The molecule has 0 unspecified atom stereocenters. The molecule has 1 amide bonds. The normalized spacial score (nSPS) is 10.7. The van der Waals surface area contributed by atoms with Gasteiger partial charge in [0.25, 0.3) is 5.91 Å². The van der Waals surface area contributed by atoms with Gasteiger partial charge in [0.1, 0.15) is 11.6 Å². The molecule has 0 spiro atoms. The number of rotatable bonds is 7. The van der Waals surface area contributed by atoms with E-state index in [1.54, 1.807) is 12.1 Å². The molecule has 1 N–H and O–H groups in total. The number of carbonyl (C=O) groups excluding carboxylic acids is 2. The summed E-state index contributed by atoms with van der Waals surface area (Å²) in [6, 6.07) is 11.0. The van der Waals surface area contributed by atoms with E-state index in [0.717, 1.165) is 15.2 Å². The number of benzene rings is 1. The fourth-order valence-corrected chi connectivity index (χ4v) is 3.13. The first-order valence-corrected chi connectivity index (χ1v) is 8.79. The Hall–Kier alpha value is -2.55. The summed E-state index contributed by atoms with van der Waals surface area (Å²) < 4.78 is 11.2. The monoisotopic (exact) mass is 391 g/mol. The van der Waals surface area contributed by atoms with Gasteiger partial charge < -0.3 is 14.8 Å². The minimum absolute atomic E-state index is 0.159. The summed E-state index contributed by atoms with van der Waals surface area (Å²) in [7, 11) is 0. The fourth-order valence-electron chi connectivity index (χ4n) is 2.06. The number of esters is 1. The Morgan fingerprint density at radius 3 is 2.81 bits per heavy atom. The number of para-hydroxylation sites is 1. The molecule has 3 rings (SSSR count). The van der Waals surface area contributed by atoms with Gasteiger partial charge in [0.2, 0.25) is 0 Å². The lowest BCUT2D eigenvalue weighted by Gasteiger charge is -2.07. The summed E-state index contributed by atoms with van der Waals surface area (Å²) in [5.74, 6) is -1.15. The Morgan fingerprint density at radius 1 is 1.15 bits per heavy atom. The van der Waals surface area contributed by atoms with Crippen LogP contribution in [0, 0.1) is 0 Å². The van der Waals surface area contributed by atoms with Crippen molar-refractivity contribution in [3.8, 4) is 0 Å². The van der Waals surface area contributed by atoms with E-state index in [1.807, 2.05) is 24.3 Å². The van der Waals surface area contributed by atoms with Gasteiger partial charge in [0, 0.05) is 6.20 Å². The highest BCUT2D eigenvalue weighted by Gasteiger charge is 2.11. The van der Waals surface area contributed by atoms with E-state index in [9.17, 15) is 9.59 Å². The molecule has 1 aromatic carbocycles. The summed E-state index contributed by atoms with van der Waals surface area (Å²) in [6.45, 7) is -0.503. The molecular formula is C17H14ClN3O4S. The van der Waals surface area contributed by atoms with Gasteiger partial charge in [-0.25, -0.2) is 14.8 Å². The van der Waals surface area contributed by atoms with Crippen LogP contribution in [0.1, 0.15) is 5.01 Å². The molecule has 9 heteroatoms. The van der Waals surface area contributed by atoms with E-state index in [4.69, 9.17) is 21.1 Å². The maximum Gasteiger partial charge on any atom is 0.332 e. The lowest BCUT2D eigenvalue weighted by Crippen LogP contribution is -2.23. The van der Waals surface area contributed by atoms with Crippen molar-refractivity contribution in [3.63, 3.8) is 0 Å². The molecule has 0 bridgehead atoms. The third kappa shape index (κ3) is 4.98. The molecule has 134 valence electrons. The van der Waals surface area contributed by atoms with Crippen LogP contribution in [0.4, 0.5) is 5.69 Å². The Morgan fingerprint density at radius 2 is 2.00 bits per heavy atom. The average Bonchev–Trinajstić information content (AvgIpc) is 3.05. The third-order valence-corrected chi connectivity index (χ3v) is 4.49. The van der Waals surface area contributed by atoms with Gasteiger partial charge >= 0.3 is 5.97 Å². The van der Waals surface area contributed by atoms with Crippen molar-refractivity contribution in [1.29, 1.82) is 0 Å². The van der Waals surface area contributed by atoms with Gasteiger partial charge in [-0.3, -0.25) is 4.79 Å². The van der Waals surface area contributed by atoms with E-state index >= 15 is 0 Å². The number of nitrogens with one attached hydrogen (secondary N) is 1. The molecule has 0 aliphatic heterocycles. The number of anilines is 1. The Labute approximate surface area is 157 Å². The minimum Gasteiger partial charge on any atom is -0.454 e. The van der Waals surface area contributed by atoms with Crippen molar-refractivity contribution in [1.82, 2.24) is 9.97 Å². The largest absolute Gasteiger partial charge is 0.454 e. The highest BCUT2D eigenvalue weighted by molar-refractivity contribution is 7.18. The van der Waals surface area contributed by atoms with Crippen molar-refractivity contribution in [2.24, 2.45) is 0 Å². The molecule has 0 saturated carbocycles. The number of hydrogen-bond acceptors (Lipinski definition) is 7. The van der Waals surface area contributed by atoms with Gasteiger partial charge in [-0.1, -0.05) is 23.7 Å². The van der Waals surface area contributed by atoms with Crippen LogP contribution in [0.25, 0.3) is 10.2 Å². The van der Waals surface area contributed by atoms with Crippen LogP contribution in [0.15, 0.2) is 42.6 Å². The van der Waals surface area contributed by atoms with Crippen LogP contribution >= 0.6 is 22.9 Å². The van der Waals surface area contributed by atoms with Gasteiger partial charge in [-0.05, 0) is 24.3 Å². The van der Waals surface area contributed by atoms with Crippen LogP contribution in [0.2, 0.25) is 5.15 Å². The number of amides is 1. The molecular weight excluding hydrogens is 378 g/mol. The van der Waals surface area contributed by atoms with E-state index < -0.39 is 18.5 Å². The predicted molar refractivity (Wildman–Crippen MR) is 98.1 cm³/mol. The lowest BCUT2D eigenvalue weighted by molar-refractivity contribution is -0.152. The van der Waals surface area contributed by atoms with Crippen molar-refractivity contribution in [2.75, 3.05) is 18.5 Å². The first-order chi connectivity index (χ1) is 12.6. The molecule has 26 heavy (non-hydrogen) atoms. The molecule has 2 aromatic heterocycles. The van der Waals surface area contributed by atoms with Crippen LogP contribution in [-0.4, -0.2) is 35.1 Å². The summed E-state index contributed by atoms with van der Waals surface area (Å²) in [6.07, 6.45) is 1.50. The Balaban J connectivity index is 1.38. The van der Waals surface area contributed by atoms with Gasteiger partial charge in [-0.2, -0.15) is 0 Å². The zero-order valence-corrected chi connectivity index (χ0v) is 15.0. The number of ether oxygens (including phenoxy) is 2. The van der Waals surface area contributed by atoms with Crippen molar-refractivity contribution in [3.05, 3.63) is 52.8 Å². The molecule has 0 aliphatic carbocycles. The molecule has 3 aromatic rings. The molecule has 0 aliphatic rings. The average molecular weight is 392 g/mol. The summed E-state index contributed by atoms with van der Waals surface area (Å²) in [5.41, 5.74) is 1.24. The Bertz CT molecular complexity index is 898. The van der Waals surface area contributed by atoms with Crippen LogP contribution in [0.5, 0.6) is 0 Å². The van der Waals surface area contributed by atoms with E-state index in [1.165, 1.54) is 17.5 Å². The molecule has 0 saturated heterocycles. The van der Waals surface area contributed by atoms with Gasteiger partial charge in [0.15, 0.2) is 11.8 Å². The number of halogens is 1. The number of aromatic nitrogens is 2. The quantitative estimate of drug-likeness (QED) is 0.491. The zero-order chi connectivity index (χ0) is 18.4. The van der Waals surface area contributed by atoms with Crippen molar-refractivity contribution in [2.45, 2.75) is 6.61 Å². The number of hydrogen-bond donors (Lipinski definition) is 1. The lowest BCUT2D eigenvalue weighted by atomic mass is 10.3. The maximum atomic E-state index is 11.7. The van der Waals surface area contributed by atoms with Crippen LogP contribution in [-0.2, 0) is 25.7 Å². The van der Waals surface area contributed by atoms with E-state index in [2.05, 4.69) is 15.3 Å². The van der Waals surface area contributed by atoms with Crippen molar-refractivity contribution >= 4 is 50.7 Å². The second-order valence-electron chi connectivity index (χ2n) is 5.12. The number of nitrogens with zero attached hydrogens (tertiary/aromatic N) is 2. The van der Waals surface area contributed by atoms with Crippen LogP contribution < -0.4 is 5.32 Å². The van der Waals surface area contributed by atoms with Gasteiger partial charge in [-0.15, -0.1) is 11.3 Å². The van der Waals surface area contributed by atoms with E-state index in [-0.39, 0.29) is 18.4 Å². The maximum absolute atomic E-state index is 11.7. The molecule has 2 heterocycles. The smallest absolute Gasteiger partial charge is 0.332 e. The van der Waals surface area contributed by atoms with E-state index in [0.29, 0.717) is 5.69 Å². The number of fused-ring (bicyclic) bond motifs is 1. The zero-order valence-electron chi connectivity index (χ0n) is 13.5. The number of thiazole rings is 1. The SMILES string of the molecule is O=C(COC(=O)COCc1nc2ccccc2s1)Nc1cccnc1Cl. The molecule has 0 radical (unpaired) electrons. The standard InChI is InChI=1S/C17H14ClN3O4S/c18-17-12(5-3-7-19-17)20-14(22)8-25-16(23)10-24-9-15-21-11-4-1-2-6-13(11)26-15/h1-7H,8-10H2,(H,20,22). The molecule has 7 nitrogen and oxygen atoms in total. The van der Waals surface area contributed by atoms with Crippen molar-refractivity contribution < 1.29 is 19.1 Å². The van der Waals surface area contributed by atoms with Crippen LogP contribution in [0.3, 0.4) is 0 Å². The summed E-state index contributed by atoms with van der Waals surface area (Å²) in [4.78, 5) is 31.6. The van der Waals surface area contributed by atoms with Gasteiger partial charge in [0.05, 0.1) is 22.5 Å². The molecule has 0 atom stereocenters. The third-order valence-electron chi connectivity index (χ3n) is 3.18. The Kier molecular flexibility index (Phi) is 6.11. The fraction of sp³-hybridized carbons (Fsp3) is 0.176. The molecule has 0 fully saturated rings. The topological polar surface area (TPSA) is 90.4 Å². The number of pyridine rings is 1. The first-order valence-electron chi connectivity index (χ1n) is 7.60. The summed E-state index contributed by atoms with van der Waals surface area (Å²) >= 11 is 7.33. The second-order valence-corrected chi connectivity index (χ2v) is 6.59. The predicted octanol–water partition coefficient (Wildman–Crippen LogP) is 3.04. The first kappa shape index (κ1) is 18.2. The highest BCUT2D eigenvalue weighted by atomic mass is 35.5. The minimum atomic E-state index is -0.640. The highest BCUT2D eigenvalue weighted by Crippen LogP contribution is 2.22. The summed E-state index contributed by atoms with van der Waals surface area (Å²) in [5, 5.41) is 3.43. The number of carbonyl (C=O) groups is 2.